The molecule has 14 heavy (non-hydrogen) atoms. The molecule has 2 heterocycles. The normalized spacial score (nSPS) is 28.9. The Hall–Kier alpha value is -1.10. The Morgan fingerprint density at radius 3 is 2.43 bits per heavy atom. The number of carbonyl (C=O) groups excluding carboxylic acids is 1. The highest BCUT2D eigenvalue weighted by molar-refractivity contribution is 5.78. The fourth-order valence-electron chi connectivity index (χ4n) is 2.35. The Bertz CT molecular complexity index is 286. The van der Waals surface area contributed by atoms with E-state index in [9.17, 15) is 9.59 Å². The van der Waals surface area contributed by atoms with Crippen molar-refractivity contribution in [3.63, 3.8) is 0 Å². The predicted molar refractivity (Wildman–Crippen MR) is 48.7 cm³/mol. The van der Waals surface area contributed by atoms with Crippen molar-refractivity contribution in [1.82, 2.24) is 10.2 Å². The molecule has 2 N–H and O–H groups in total. The van der Waals surface area contributed by atoms with E-state index in [4.69, 9.17) is 5.11 Å². The third-order valence-corrected chi connectivity index (χ3v) is 3.35. The fourth-order valence-corrected chi connectivity index (χ4v) is 2.35. The monoisotopic (exact) mass is 198 g/mol. The summed E-state index contributed by atoms with van der Waals surface area (Å²) in [6.45, 7) is 3.88. The second-order valence-electron chi connectivity index (χ2n) is 4.26. The zero-order valence-electron chi connectivity index (χ0n) is 8.12. The number of nitrogens with zero attached hydrogens (tertiary/aromatic N) is 1. The lowest BCUT2D eigenvalue weighted by molar-refractivity contribution is -0.145. The second-order valence-corrected chi connectivity index (χ2v) is 4.26. The number of hydrogen-bond donors (Lipinski definition) is 2. The van der Waals surface area contributed by atoms with Gasteiger partial charge in [0.25, 0.3) is 0 Å². The van der Waals surface area contributed by atoms with Gasteiger partial charge in [0.05, 0.1) is 5.92 Å². The molecule has 2 rings (SSSR count). The molecule has 2 fully saturated rings. The van der Waals surface area contributed by atoms with E-state index in [1.165, 1.54) is 6.92 Å². The molecular formula is C9H14N2O3. The maximum Gasteiger partial charge on any atom is 0.309 e. The number of carboxylic acid groups (broad SMARTS) is 1. The van der Waals surface area contributed by atoms with Crippen molar-refractivity contribution in [2.75, 3.05) is 26.2 Å². The summed E-state index contributed by atoms with van der Waals surface area (Å²) in [5.41, 5.74) is -0.197. The first-order valence-electron chi connectivity index (χ1n) is 4.74. The quantitative estimate of drug-likeness (QED) is 0.575. The van der Waals surface area contributed by atoms with Gasteiger partial charge in [-0.3, -0.25) is 9.59 Å². The molecule has 5 heteroatoms. The Morgan fingerprint density at radius 1 is 1.50 bits per heavy atom. The van der Waals surface area contributed by atoms with E-state index >= 15 is 0 Å². The standard InChI is InChI=1S/C9H14N2O3/c1-6(12)11-2-7(8(13)14)9(5-11)3-10-4-9/h7,10H,2-5H2,1H3,(H,13,14)/t7-/m0/s1. The molecule has 1 amide bonds. The highest BCUT2D eigenvalue weighted by Gasteiger charge is 2.54. The minimum Gasteiger partial charge on any atom is -0.481 e. The van der Waals surface area contributed by atoms with E-state index in [-0.39, 0.29) is 11.3 Å². The maximum absolute atomic E-state index is 11.2. The van der Waals surface area contributed by atoms with Crippen LogP contribution in [0.15, 0.2) is 0 Å². The van der Waals surface area contributed by atoms with Crippen molar-refractivity contribution < 1.29 is 14.7 Å². The van der Waals surface area contributed by atoms with E-state index < -0.39 is 11.9 Å². The van der Waals surface area contributed by atoms with Crippen molar-refractivity contribution in [2.24, 2.45) is 11.3 Å². The van der Waals surface area contributed by atoms with E-state index in [0.717, 1.165) is 0 Å². The summed E-state index contributed by atoms with van der Waals surface area (Å²) in [7, 11) is 0. The van der Waals surface area contributed by atoms with E-state index in [1.807, 2.05) is 0 Å². The van der Waals surface area contributed by atoms with Crippen LogP contribution in [0.5, 0.6) is 0 Å². The molecule has 5 nitrogen and oxygen atoms in total. The van der Waals surface area contributed by atoms with Gasteiger partial charge in [-0.25, -0.2) is 0 Å². The first kappa shape index (κ1) is 9.45. The number of carbonyl (C=O) groups is 2. The predicted octanol–water partition coefficient (Wildman–Crippen LogP) is -0.861. The molecule has 0 saturated carbocycles. The van der Waals surface area contributed by atoms with E-state index in [0.29, 0.717) is 26.2 Å². The van der Waals surface area contributed by atoms with Gasteiger partial charge in [-0.2, -0.15) is 0 Å². The number of amides is 1. The molecule has 0 aromatic rings. The van der Waals surface area contributed by atoms with Crippen molar-refractivity contribution in [3.05, 3.63) is 0 Å². The highest BCUT2D eigenvalue weighted by atomic mass is 16.4. The average Bonchev–Trinajstić information content (AvgIpc) is 2.42. The van der Waals surface area contributed by atoms with Gasteiger partial charge in [0, 0.05) is 38.5 Å². The summed E-state index contributed by atoms with van der Waals surface area (Å²) >= 11 is 0. The third kappa shape index (κ3) is 1.19. The van der Waals surface area contributed by atoms with Gasteiger partial charge in [0.1, 0.15) is 0 Å². The van der Waals surface area contributed by atoms with Crippen LogP contribution in [0.2, 0.25) is 0 Å². The smallest absolute Gasteiger partial charge is 0.309 e. The molecule has 0 aliphatic carbocycles. The van der Waals surface area contributed by atoms with Crippen LogP contribution >= 0.6 is 0 Å². The van der Waals surface area contributed by atoms with Gasteiger partial charge in [0.15, 0.2) is 0 Å². The van der Waals surface area contributed by atoms with E-state index in [1.54, 1.807) is 4.90 Å². The summed E-state index contributed by atoms with van der Waals surface area (Å²) < 4.78 is 0. The summed E-state index contributed by atoms with van der Waals surface area (Å²) in [4.78, 5) is 23.8. The number of rotatable bonds is 1. The Kier molecular flexibility index (Phi) is 1.99. The molecule has 0 bridgehead atoms. The van der Waals surface area contributed by atoms with Crippen LogP contribution in [0.4, 0.5) is 0 Å². The lowest BCUT2D eigenvalue weighted by atomic mass is 9.73. The summed E-state index contributed by atoms with van der Waals surface area (Å²) in [5, 5.41) is 12.1. The first-order valence-corrected chi connectivity index (χ1v) is 4.74. The van der Waals surface area contributed by atoms with Gasteiger partial charge >= 0.3 is 5.97 Å². The van der Waals surface area contributed by atoms with Crippen molar-refractivity contribution in [2.45, 2.75) is 6.92 Å². The molecular weight excluding hydrogens is 184 g/mol. The van der Waals surface area contributed by atoms with Crippen molar-refractivity contribution in [3.8, 4) is 0 Å². The molecule has 2 aliphatic heterocycles. The molecule has 1 atom stereocenters. The minimum atomic E-state index is -0.782. The Labute approximate surface area is 82.1 Å². The lowest BCUT2D eigenvalue weighted by Gasteiger charge is -2.41. The lowest BCUT2D eigenvalue weighted by Crippen LogP contribution is -2.59. The maximum atomic E-state index is 11.2. The van der Waals surface area contributed by atoms with E-state index in [2.05, 4.69) is 5.32 Å². The number of hydrogen-bond acceptors (Lipinski definition) is 3. The summed E-state index contributed by atoms with van der Waals surface area (Å²) in [6.07, 6.45) is 0. The summed E-state index contributed by atoms with van der Waals surface area (Å²) in [6, 6.07) is 0. The molecule has 78 valence electrons. The van der Waals surface area contributed by atoms with Crippen LogP contribution in [-0.4, -0.2) is 48.1 Å². The van der Waals surface area contributed by atoms with Crippen LogP contribution in [0.3, 0.4) is 0 Å². The average molecular weight is 198 g/mol. The Balaban J connectivity index is 2.16. The number of aliphatic carboxylic acids is 1. The molecule has 1 spiro atoms. The van der Waals surface area contributed by atoms with Gasteiger partial charge in [-0.1, -0.05) is 0 Å². The highest BCUT2D eigenvalue weighted by Crippen LogP contribution is 2.39. The molecule has 0 radical (unpaired) electrons. The number of likely N-dealkylation sites (tertiary alicyclic amines) is 1. The number of carboxylic acids is 1. The molecule has 2 aliphatic rings. The first-order chi connectivity index (χ1) is 6.55. The largest absolute Gasteiger partial charge is 0.481 e. The molecule has 0 aromatic carbocycles. The van der Waals surface area contributed by atoms with Crippen molar-refractivity contribution in [1.29, 1.82) is 0 Å². The third-order valence-electron chi connectivity index (χ3n) is 3.35. The van der Waals surface area contributed by atoms with Gasteiger partial charge in [-0.05, 0) is 0 Å². The SMILES string of the molecule is CC(=O)N1C[C@@H](C(=O)O)C2(CNC2)C1. The topological polar surface area (TPSA) is 69.6 Å². The van der Waals surface area contributed by atoms with Crippen LogP contribution < -0.4 is 5.32 Å². The minimum absolute atomic E-state index is 0.0278. The number of nitrogens with one attached hydrogen (secondary N) is 1. The zero-order valence-corrected chi connectivity index (χ0v) is 8.12. The molecule has 0 aromatic heterocycles. The van der Waals surface area contributed by atoms with Gasteiger partial charge in [-0.15, -0.1) is 0 Å². The van der Waals surface area contributed by atoms with Crippen LogP contribution in [0.25, 0.3) is 0 Å². The molecule has 0 unspecified atom stereocenters. The van der Waals surface area contributed by atoms with Crippen LogP contribution in [-0.2, 0) is 9.59 Å². The van der Waals surface area contributed by atoms with Crippen LogP contribution in [0, 0.1) is 11.3 Å². The molecule has 2 saturated heterocycles. The van der Waals surface area contributed by atoms with Gasteiger partial charge < -0.3 is 15.3 Å². The summed E-state index contributed by atoms with van der Waals surface area (Å²) in [5.74, 6) is -1.21. The van der Waals surface area contributed by atoms with Crippen LogP contribution in [0.1, 0.15) is 6.92 Å². The van der Waals surface area contributed by atoms with Crippen molar-refractivity contribution >= 4 is 11.9 Å². The Morgan fingerprint density at radius 2 is 2.14 bits per heavy atom. The zero-order chi connectivity index (χ0) is 10.3. The second kappa shape index (κ2) is 2.95. The van der Waals surface area contributed by atoms with Gasteiger partial charge in [0.2, 0.25) is 5.91 Å². The fraction of sp³-hybridized carbons (Fsp3) is 0.778.